The summed E-state index contributed by atoms with van der Waals surface area (Å²) in [6.07, 6.45) is 9.47. The minimum atomic E-state index is -0.154. The summed E-state index contributed by atoms with van der Waals surface area (Å²) >= 11 is 0. The van der Waals surface area contributed by atoms with Gasteiger partial charge in [-0.3, -0.25) is 0 Å². The van der Waals surface area contributed by atoms with Gasteiger partial charge in [-0.25, -0.2) is 0 Å². The maximum atomic E-state index is 10.1. The van der Waals surface area contributed by atoms with Crippen molar-refractivity contribution in [2.24, 2.45) is 11.8 Å². The van der Waals surface area contributed by atoms with E-state index in [1.165, 1.54) is 0 Å². The Kier molecular flexibility index (Phi) is 3.63. The maximum Gasteiger partial charge on any atom is 0.123 e. The van der Waals surface area contributed by atoms with Crippen LogP contribution >= 0.6 is 0 Å². The Morgan fingerprint density at radius 2 is 1.67 bits per heavy atom. The van der Waals surface area contributed by atoms with E-state index in [2.05, 4.69) is 12.5 Å². The van der Waals surface area contributed by atoms with Crippen molar-refractivity contribution in [1.29, 1.82) is 0 Å². The van der Waals surface area contributed by atoms with Crippen LogP contribution in [0.4, 0.5) is 0 Å². The Labute approximate surface area is 95.4 Å². The highest BCUT2D eigenvalue weighted by atomic mass is 32.2. The molecule has 0 aromatic heterocycles. The summed E-state index contributed by atoms with van der Waals surface area (Å²) in [5.41, 5.74) is 0. The first-order valence-electron chi connectivity index (χ1n) is 6.03. The highest BCUT2D eigenvalue weighted by molar-refractivity contribution is 7.96. The Morgan fingerprint density at radius 3 is 2.33 bits per heavy atom. The van der Waals surface area contributed by atoms with Crippen LogP contribution in [0.3, 0.4) is 0 Å². The minimum Gasteiger partial charge on any atom is -0.393 e. The van der Waals surface area contributed by atoms with Crippen LogP contribution in [-0.2, 0) is 10.9 Å². The molecule has 0 amide bonds. The lowest BCUT2D eigenvalue weighted by Crippen LogP contribution is -2.51. The summed E-state index contributed by atoms with van der Waals surface area (Å²) in [6, 6.07) is 0. The zero-order valence-electron chi connectivity index (χ0n) is 9.72. The van der Waals surface area contributed by atoms with E-state index in [0.717, 1.165) is 32.1 Å². The van der Waals surface area contributed by atoms with Gasteiger partial charge in [-0.05, 0) is 42.5 Å². The molecule has 5 atom stereocenters. The maximum absolute atomic E-state index is 10.1. The highest BCUT2D eigenvalue weighted by Crippen LogP contribution is 2.43. The van der Waals surface area contributed by atoms with Crippen molar-refractivity contribution in [1.82, 2.24) is 0 Å². The van der Waals surface area contributed by atoms with Gasteiger partial charge in [-0.2, -0.15) is 0 Å². The summed E-state index contributed by atoms with van der Waals surface area (Å²) in [4.78, 5) is 0. The van der Waals surface area contributed by atoms with Crippen LogP contribution in [0.2, 0.25) is 0 Å². The van der Waals surface area contributed by atoms with E-state index < -0.39 is 0 Å². The molecule has 2 rings (SSSR count). The molecule has 0 saturated heterocycles. The molecule has 0 aromatic carbocycles. The van der Waals surface area contributed by atoms with E-state index in [0.29, 0.717) is 28.0 Å². The lowest BCUT2D eigenvalue weighted by Gasteiger charge is -2.44. The van der Waals surface area contributed by atoms with Gasteiger partial charge in [0.25, 0.3) is 0 Å². The fourth-order valence-corrected chi connectivity index (χ4v) is 5.12. The second-order valence-corrected chi connectivity index (χ2v) is 7.67. The van der Waals surface area contributed by atoms with Crippen molar-refractivity contribution in [3.05, 3.63) is 0 Å². The molecule has 2 nitrogen and oxygen atoms in total. The molecule has 15 heavy (non-hydrogen) atoms. The smallest absolute Gasteiger partial charge is 0.123 e. The van der Waals surface area contributed by atoms with Crippen molar-refractivity contribution in [3.8, 4) is 0 Å². The zero-order valence-corrected chi connectivity index (χ0v) is 10.5. The van der Waals surface area contributed by atoms with Crippen molar-refractivity contribution in [2.45, 2.75) is 49.6 Å². The molecule has 0 bridgehead atoms. The van der Waals surface area contributed by atoms with Crippen molar-refractivity contribution < 1.29 is 10.2 Å². The molecule has 2 aliphatic carbocycles. The van der Waals surface area contributed by atoms with Crippen molar-refractivity contribution in [2.75, 3.05) is 12.5 Å². The minimum absolute atomic E-state index is 0.148. The quantitative estimate of drug-likeness (QED) is 0.665. The van der Waals surface area contributed by atoms with Crippen LogP contribution in [0, 0.1) is 11.8 Å². The van der Waals surface area contributed by atoms with Gasteiger partial charge in [0.1, 0.15) is 5.25 Å². The van der Waals surface area contributed by atoms with Gasteiger partial charge >= 0.3 is 0 Å². The lowest BCUT2D eigenvalue weighted by molar-refractivity contribution is -0.0497. The van der Waals surface area contributed by atoms with E-state index in [-0.39, 0.29) is 12.2 Å². The molecule has 2 saturated carbocycles. The molecule has 2 aliphatic rings. The van der Waals surface area contributed by atoms with Gasteiger partial charge in [0.2, 0.25) is 0 Å². The number of aliphatic hydroxyl groups excluding tert-OH is 2. The molecule has 0 heterocycles. The summed E-state index contributed by atoms with van der Waals surface area (Å²) in [7, 11) is 0.373. The topological polar surface area (TPSA) is 40.5 Å². The molecule has 2 fully saturated rings. The predicted octanol–water partition coefficient (Wildman–Crippen LogP) is 1.16. The lowest BCUT2D eigenvalue weighted by atomic mass is 9.68. The van der Waals surface area contributed by atoms with Crippen LogP contribution in [0.25, 0.3) is 0 Å². The number of aliphatic hydroxyl groups is 2. The van der Waals surface area contributed by atoms with E-state index in [4.69, 9.17) is 0 Å². The third-order valence-electron chi connectivity index (χ3n) is 4.25. The molecule has 0 radical (unpaired) electrons. The summed E-state index contributed by atoms with van der Waals surface area (Å²) in [6.45, 7) is 0. The van der Waals surface area contributed by atoms with E-state index >= 15 is 0 Å². The molecular weight excluding hydrogens is 208 g/mol. The first-order valence-corrected chi connectivity index (χ1v) is 8.14. The fourth-order valence-electron chi connectivity index (χ4n) is 3.50. The van der Waals surface area contributed by atoms with Crippen LogP contribution in [0.1, 0.15) is 32.1 Å². The predicted molar refractivity (Wildman–Crippen MR) is 65.1 cm³/mol. The molecule has 3 heteroatoms. The van der Waals surface area contributed by atoms with E-state index in [1.54, 1.807) is 0 Å². The second kappa shape index (κ2) is 4.64. The summed E-state index contributed by atoms with van der Waals surface area (Å²) in [5.74, 6) is 0.753. The zero-order chi connectivity index (χ0) is 11.0. The third-order valence-corrected chi connectivity index (χ3v) is 6.01. The first-order chi connectivity index (χ1) is 7.11. The Bertz CT molecular complexity index is 218. The number of fused-ring (bicyclic) bond motifs is 1. The van der Waals surface area contributed by atoms with Gasteiger partial charge in [0, 0.05) is 5.92 Å². The van der Waals surface area contributed by atoms with Crippen molar-refractivity contribution >= 4 is 10.9 Å². The summed E-state index contributed by atoms with van der Waals surface area (Å²) in [5, 5.41) is 20.8. The fraction of sp³-hybridized carbons (Fsp3) is 1.00. The van der Waals surface area contributed by atoms with E-state index in [1.807, 2.05) is 0 Å². The molecule has 2 N–H and O–H groups in total. The van der Waals surface area contributed by atoms with Gasteiger partial charge < -0.3 is 10.2 Å². The largest absolute Gasteiger partial charge is 0.393 e. The molecule has 0 aliphatic heterocycles. The Morgan fingerprint density at radius 1 is 0.933 bits per heavy atom. The monoisotopic (exact) mass is 231 g/mol. The van der Waals surface area contributed by atoms with Gasteiger partial charge in [-0.15, -0.1) is 0 Å². The Hall–Kier alpha value is 0.270. The average molecular weight is 231 g/mol. The second-order valence-electron chi connectivity index (χ2n) is 5.30. The van der Waals surface area contributed by atoms with Crippen molar-refractivity contribution in [3.63, 3.8) is 0 Å². The SMILES string of the molecule is C[S+](C)C1CCC(O)C2CCCC(O)C21. The highest BCUT2D eigenvalue weighted by Gasteiger charge is 2.48. The third kappa shape index (κ3) is 2.20. The van der Waals surface area contributed by atoms with Crippen LogP contribution in [0.5, 0.6) is 0 Å². The molecule has 88 valence electrons. The van der Waals surface area contributed by atoms with Gasteiger partial charge in [-0.1, -0.05) is 6.42 Å². The van der Waals surface area contributed by atoms with Crippen LogP contribution < -0.4 is 0 Å². The van der Waals surface area contributed by atoms with Crippen LogP contribution in [-0.4, -0.2) is 40.2 Å². The summed E-state index contributed by atoms with van der Waals surface area (Å²) < 4.78 is 0. The van der Waals surface area contributed by atoms with Gasteiger partial charge in [0.05, 0.1) is 24.7 Å². The molecule has 5 unspecified atom stereocenters. The number of hydrogen-bond acceptors (Lipinski definition) is 2. The average Bonchev–Trinajstić information content (AvgIpc) is 2.19. The van der Waals surface area contributed by atoms with E-state index in [9.17, 15) is 10.2 Å². The molecule has 0 spiro atoms. The number of rotatable bonds is 1. The first kappa shape index (κ1) is 11.7. The normalized spacial score (nSPS) is 46.6. The standard InChI is InChI=1S/C12H23O2S/c1-15(2)11-7-6-9(13)8-4-3-5-10(14)12(8)11/h8-14H,3-7H2,1-2H3/q+1. The van der Waals surface area contributed by atoms with Gasteiger partial charge in [0.15, 0.2) is 0 Å². The van der Waals surface area contributed by atoms with Crippen LogP contribution in [0.15, 0.2) is 0 Å². The number of hydrogen-bond donors (Lipinski definition) is 2. The Balaban J connectivity index is 2.16. The molecule has 0 aromatic rings. The molecular formula is C12H23O2S+.